The minimum atomic E-state index is -0.407. The fourth-order valence-corrected chi connectivity index (χ4v) is 1.13. The summed E-state index contributed by atoms with van der Waals surface area (Å²) in [5.41, 5.74) is 1.10. The van der Waals surface area contributed by atoms with E-state index in [4.69, 9.17) is 9.84 Å². The molecule has 0 bridgehead atoms. The molecule has 0 saturated carbocycles. The SMILES string of the molecule is CCOC(=O)c1[nH]ncc1CNCCO. The summed E-state index contributed by atoms with van der Waals surface area (Å²) in [7, 11) is 0. The van der Waals surface area contributed by atoms with Crippen molar-refractivity contribution in [1.82, 2.24) is 15.5 Å². The molecule has 6 nitrogen and oxygen atoms in total. The predicted octanol–water partition coefficient (Wildman–Crippen LogP) is -0.332. The van der Waals surface area contributed by atoms with Crippen molar-refractivity contribution in [2.24, 2.45) is 0 Å². The molecule has 0 aliphatic carbocycles. The summed E-state index contributed by atoms with van der Waals surface area (Å²) in [6, 6.07) is 0. The standard InChI is InChI=1S/C9H15N3O3/c1-2-15-9(14)8-7(6-11-12-8)5-10-3-4-13/h6,10,13H,2-5H2,1H3,(H,11,12). The zero-order valence-electron chi connectivity index (χ0n) is 8.62. The van der Waals surface area contributed by atoms with Crippen LogP contribution >= 0.6 is 0 Å². The molecule has 1 aromatic heterocycles. The molecule has 0 aliphatic rings. The Morgan fingerprint density at radius 3 is 3.20 bits per heavy atom. The van der Waals surface area contributed by atoms with Crippen LogP contribution in [0.25, 0.3) is 0 Å². The van der Waals surface area contributed by atoms with Crippen LogP contribution in [-0.4, -0.2) is 41.0 Å². The van der Waals surface area contributed by atoms with Crippen molar-refractivity contribution in [3.8, 4) is 0 Å². The van der Waals surface area contributed by atoms with Gasteiger partial charge in [0.2, 0.25) is 0 Å². The Morgan fingerprint density at radius 2 is 2.53 bits per heavy atom. The van der Waals surface area contributed by atoms with Crippen LogP contribution in [0, 0.1) is 0 Å². The first kappa shape index (κ1) is 11.7. The molecule has 1 heterocycles. The number of nitrogens with zero attached hydrogens (tertiary/aromatic N) is 1. The number of aliphatic hydroxyl groups is 1. The summed E-state index contributed by atoms with van der Waals surface area (Å²) >= 11 is 0. The molecule has 15 heavy (non-hydrogen) atoms. The highest BCUT2D eigenvalue weighted by Crippen LogP contribution is 2.05. The number of nitrogens with one attached hydrogen (secondary N) is 2. The number of hydrogen-bond acceptors (Lipinski definition) is 5. The maximum atomic E-state index is 11.4. The second-order valence-corrected chi connectivity index (χ2v) is 2.89. The summed E-state index contributed by atoms with van der Waals surface area (Å²) in [6.45, 7) is 3.10. The van der Waals surface area contributed by atoms with Crippen molar-refractivity contribution in [3.63, 3.8) is 0 Å². The third kappa shape index (κ3) is 3.34. The van der Waals surface area contributed by atoms with Crippen molar-refractivity contribution in [1.29, 1.82) is 0 Å². The van der Waals surface area contributed by atoms with Crippen LogP contribution in [0.3, 0.4) is 0 Å². The minimum Gasteiger partial charge on any atom is -0.461 e. The number of rotatable bonds is 6. The summed E-state index contributed by atoms with van der Waals surface area (Å²) in [5.74, 6) is -0.407. The fraction of sp³-hybridized carbons (Fsp3) is 0.556. The Kier molecular flexibility index (Phi) is 4.79. The molecule has 6 heteroatoms. The van der Waals surface area contributed by atoms with Gasteiger partial charge in [0, 0.05) is 18.7 Å². The largest absolute Gasteiger partial charge is 0.461 e. The number of H-pyrrole nitrogens is 1. The highest BCUT2D eigenvalue weighted by molar-refractivity contribution is 5.88. The molecular weight excluding hydrogens is 198 g/mol. The second kappa shape index (κ2) is 6.15. The van der Waals surface area contributed by atoms with Crippen molar-refractivity contribution < 1.29 is 14.6 Å². The third-order valence-electron chi connectivity index (χ3n) is 1.80. The first-order valence-electron chi connectivity index (χ1n) is 4.80. The Hall–Kier alpha value is -1.40. The molecule has 1 aromatic rings. The Bertz CT molecular complexity index is 311. The van der Waals surface area contributed by atoms with Gasteiger partial charge in [-0.05, 0) is 6.92 Å². The Balaban J connectivity index is 2.56. The maximum Gasteiger partial charge on any atom is 0.356 e. The lowest BCUT2D eigenvalue weighted by atomic mass is 10.2. The lowest BCUT2D eigenvalue weighted by Crippen LogP contribution is -2.19. The fourth-order valence-electron chi connectivity index (χ4n) is 1.13. The first-order valence-corrected chi connectivity index (χ1v) is 4.80. The smallest absolute Gasteiger partial charge is 0.356 e. The van der Waals surface area contributed by atoms with Crippen molar-refractivity contribution in [2.45, 2.75) is 13.5 Å². The highest BCUT2D eigenvalue weighted by atomic mass is 16.5. The van der Waals surface area contributed by atoms with E-state index in [1.165, 1.54) is 0 Å². The van der Waals surface area contributed by atoms with Gasteiger partial charge in [-0.15, -0.1) is 0 Å². The zero-order chi connectivity index (χ0) is 11.1. The molecule has 0 unspecified atom stereocenters. The molecule has 0 aliphatic heterocycles. The lowest BCUT2D eigenvalue weighted by molar-refractivity contribution is 0.0518. The van der Waals surface area contributed by atoms with Gasteiger partial charge in [-0.1, -0.05) is 0 Å². The number of aromatic amines is 1. The molecule has 0 aromatic carbocycles. The number of aliphatic hydroxyl groups excluding tert-OH is 1. The predicted molar refractivity (Wildman–Crippen MR) is 53.3 cm³/mol. The van der Waals surface area contributed by atoms with Gasteiger partial charge in [-0.3, -0.25) is 5.10 Å². The Labute approximate surface area is 87.6 Å². The van der Waals surface area contributed by atoms with Gasteiger partial charge < -0.3 is 15.2 Å². The first-order chi connectivity index (χ1) is 7.29. The lowest BCUT2D eigenvalue weighted by Gasteiger charge is -2.03. The molecule has 84 valence electrons. The van der Waals surface area contributed by atoms with Crippen molar-refractivity contribution in [2.75, 3.05) is 19.8 Å². The van der Waals surface area contributed by atoms with E-state index in [-0.39, 0.29) is 6.61 Å². The van der Waals surface area contributed by atoms with E-state index in [2.05, 4.69) is 15.5 Å². The molecule has 0 amide bonds. The highest BCUT2D eigenvalue weighted by Gasteiger charge is 2.13. The van der Waals surface area contributed by atoms with Crippen LogP contribution < -0.4 is 5.32 Å². The number of carbonyl (C=O) groups is 1. The average Bonchev–Trinajstić information content (AvgIpc) is 2.67. The number of ether oxygens (including phenoxy) is 1. The molecule has 0 fully saturated rings. The van der Waals surface area contributed by atoms with E-state index in [9.17, 15) is 4.79 Å². The minimum absolute atomic E-state index is 0.0621. The number of esters is 1. The quantitative estimate of drug-likeness (QED) is 0.445. The van der Waals surface area contributed by atoms with Gasteiger partial charge in [0.1, 0.15) is 5.69 Å². The van der Waals surface area contributed by atoms with Crippen LogP contribution in [0.2, 0.25) is 0 Å². The van der Waals surface area contributed by atoms with Crippen molar-refractivity contribution in [3.05, 3.63) is 17.5 Å². The second-order valence-electron chi connectivity index (χ2n) is 2.89. The molecule has 1 rings (SSSR count). The molecule has 0 radical (unpaired) electrons. The van der Waals surface area contributed by atoms with Crippen LogP contribution in [0.1, 0.15) is 23.0 Å². The monoisotopic (exact) mass is 213 g/mol. The van der Waals surface area contributed by atoms with E-state index in [0.29, 0.717) is 25.4 Å². The summed E-state index contributed by atoms with van der Waals surface area (Å²) in [4.78, 5) is 11.4. The van der Waals surface area contributed by atoms with Gasteiger partial charge >= 0.3 is 5.97 Å². The van der Waals surface area contributed by atoms with Gasteiger partial charge in [-0.25, -0.2) is 4.79 Å². The molecular formula is C9H15N3O3. The summed E-state index contributed by atoms with van der Waals surface area (Å²) in [5, 5.41) is 17.9. The van der Waals surface area contributed by atoms with Crippen LogP contribution in [-0.2, 0) is 11.3 Å². The maximum absolute atomic E-state index is 11.4. The Morgan fingerprint density at radius 1 is 1.73 bits per heavy atom. The van der Waals surface area contributed by atoms with E-state index in [1.54, 1.807) is 13.1 Å². The average molecular weight is 213 g/mol. The molecule has 0 saturated heterocycles. The van der Waals surface area contributed by atoms with Crippen LogP contribution in [0.15, 0.2) is 6.20 Å². The van der Waals surface area contributed by atoms with Crippen molar-refractivity contribution >= 4 is 5.97 Å². The van der Waals surface area contributed by atoms with Gasteiger partial charge in [0.25, 0.3) is 0 Å². The van der Waals surface area contributed by atoms with Gasteiger partial charge in [0.05, 0.1) is 19.4 Å². The van der Waals surface area contributed by atoms with Crippen LogP contribution in [0.4, 0.5) is 0 Å². The van der Waals surface area contributed by atoms with E-state index >= 15 is 0 Å². The van der Waals surface area contributed by atoms with E-state index in [0.717, 1.165) is 5.56 Å². The number of hydrogen-bond donors (Lipinski definition) is 3. The summed E-state index contributed by atoms with van der Waals surface area (Å²) in [6.07, 6.45) is 1.57. The van der Waals surface area contributed by atoms with Gasteiger partial charge in [-0.2, -0.15) is 5.10 Å². The van der Waals surface area contributed by atoms with Gasteiger partial charge in [0.15, 0.2) is 0 Å². The molecule has 0 spiro atoms. The molecule has 3 N–H and O–H groups in total. The topological polar surface area (TPSA) is 87.2 Å². The van der Waals surface area contributed by atoms with E-state index in [1.807, 2.05) is 0 Å². The van der Waals surface area contributed by atoms with E-state index < -0.39 is 5.97 Å². The van der Waals surface area contributed by atoms with Crippen LogP contribution in [0.5, 0.6) is 0 Å². The molecule has 0 atom stereocenters. The normalized spacial score (nSPS) is 10.3. The summed E-state index contributed by atoms with van der Waals surface area (Å²) < 4.78 is 4.85. The number of aromatic nitrogens is 2. The zero-order valence-corrected chi connectivity index (χ0v) is 8.62. The third-order valence-corrected chi connectivity index (χ3v) is 1.80. The number of carbonyl (C=O) groups excluding carboxylic acids is 1.